The minimum absolute atomic E-state index is 0.0122. The van der Waals surface area contributed by atoms with E-state index in [0.717, 1.165) is 12.8 Å². The van der Waals surface area contributed by atoms with Crippen LogP contribution in [0.5, 0.6) is 0 Å². The van der Waals surface area contributed by atoms with Crippen LogP contribution in [0.2, 0.25) is 0 Å². The maximum absolute atomic E-state index is 13.6. The fourth-order valence-electron chi connectivity index (χ4n) is 3.82. The third-order valence-electron chi connectivity index (χ3n) is 5.23. The van der Waals surface area contributed by atoms with Gasteiger partial charge in [-0.25, -0.2) is 4.39 Å². The summed E-state index contributed by atoms with van der Waals surface area (Å²) in [5.41, 5.74) is 0.615. The fraction of sp³-hybridized carbons (Fsp3) is 0.579. The quantitative estimate of drug-likeness (QED) is 0.901. The highest BCUT2D eigenvalue weighted by Gasteiger charge is 2.34. The summed E-state index contributed by atoms with van der Waals surface area (Å²) in [5, 5.41) is 2.91. The van der Waals surface area contributed by atoms with Gasteiger partial charge in [-0.05, 0) is 37.3 Å². The highest BCUT2D eigenvalue weighted by molar-refractivity contribution is 5.84. The van der Waals surface area contributed by atoms with Gasteiger partial charge < -0.3 is 10.2 Å². The molecule has 0 aromatic heterocycles. The maximum Gasteiger partial charge on any atom is 0.224 e. The number of nitrogens with zero attached hydrogens (tertiary/aromatic N) is 1. The van der Waals surface area contributed by atoms with Crippen LogP contribution in [0.3, 0.4) is 0 Å². The fourth-order valence-corrected chi connectivity index (χ4v) is 3.82. The number of hydrogen-bond donors (Lipinski definition) is 1. The molecule has 2 amide bonds. The number of amides is 2. The molecule has 24 heavy (non-hydrogen) atoms. The summed E-state index contributed by atoms with van der Waals surface area (Å²) in [6, 6.07) is 6.96. The van der Waals surface area contributed by atoms with Gasteiger partial charge in [0.25, 0.3) is 0 Å². The van der Waals surface area contributed by atoms with E-state index < -0.39 is 0 Å². The Morgan fingerprint density at radius 1 is 1.21 bits per heavy atom. The van der Waals surface area contributed by atoms with Crippen molar-refractivity contribution in [2.75, 3.05) is 13.1 Å². The monoisotopic (exact) mass is 332 g/mol. The molecule has 1 aliphatic carbocycles. The number of rotatable bonds is 5. The Labute approximate surface area is 142 Å². The van der Waals surface area contributed by atoms with Crippen molar-refractivity contribution in [2.45, 2.75) is 51.0 Å². The number of likely N-dealkylation sites (tertiary alicyclic amines) is 1. The zero-order valence-corrected chi connectivity index (χ0v) is 14.0. The molecule has 1 saturated carbocycles. The second-order valence-corrected chi connectivity index (χ2v) is 6.85. The van der Waals surface area contributed by atoms with Crippen molar-refractivity contribution < 1.29 is 14.0 Å². The lowest BCUT2D eigenvalue weighted by molar-refractivity contribution is -0.140. The van der Waals surface area contributed by atoms with Gasteiger partial charge in [0.15, 0.2) is 0 Å². The van der Waals surface area contributed by atoms with E-state index in [0.29, 0.717) is 44.0 Å². The van der Waals surface area contributed by atoms with Crippen LogP contribution in [0, 0.1) is 11.7 Å². The zero-order valence-electron chi connectivity index (χ0n) is 14.0. The summed E-state index contributed by atoms with van der Waals surface area (Å²) in [5.74, 6) is -0.189. The Kier molecular flexibility index (Phi) is 5.48. The number of nitrogens with one attached hydrogen (secondary N) is 1. The van der Waals surface area contributed by atoms with Crippen LogP contribution in [-0.2, 0) is 16.0 Å². The van der Waals surface area contributed by atoms with Crippen molar-refractivity contribution in [1.82, 2.24) is 10.2 Å². The number of piperidine rings is 1. The van der Waals surface area contributed by atoms with Crippen molar-refractivity contribution >= 4 is 11.8 Å². The molecular weight excluding hydrogens is 307 g/mol. The first kappa shape index (κ1) is 16.9. The molecule has 1 N–H and O–H groups in total. The minimum atomic E-state index is -0.234. The molecule has 5 heteroatoms. The molecule has 1 heterocycles. The molecule has 0 spiro atoms. The average Bonchev–Trinajstić information content (AvgIpc) is 3.11. The Hall–Kier alpha value is -1.91. The normalized spacial score (nSPS) is 22.0. The van der Waals surface area contributed by atoms with Crippen molar-refractivity contribution in [1.29, 1.82) is 0 Å². The summed E-state index contributed by atoms with van der Waals surface area (Å²) in [7, 11) is 0. The van der Waals surface area contributed by atoms with E-state index in [1.165, 1.54) is 18.9 Å². The van der Waals surface area contributed by atoms with Gasteiger partial charge >= 0.3 is 0 Å². The first-order valence-electron chi connectivity index (χ1n) is 8.95. The lowest BCUT2D eigenvalue weighted by atomic mass is 9.94. The van der Waals surface area contributed by atoms with Crippen LogP contribution in [0.4, 0.5) is 4.39 Å². The molecule has 2 aliphatic rings. The third kappa shape index (κ3) is 3.94. The molecule has 2 fully saturated rings. The molecule has 1 atom stereocenters. The summed E-state index contributed by atoms with van der Waals surface area (Å²) >= 11 is 0. The highest BCUT2D eigenvalue weighted by Crippen LogP contribution is 2.28. The first-order valence-corrected chi connectivity index (χ1v) is 8.95. The standard InChI is InChI=1S/C19H25FN2O2/c20-17-8-4-1-5-14(17)11-12-21-19(24)15-9-10-18(23)22(13-15)16-6-2-3-7-16/h1,4-5,8,15-16H,2-3,6-7,9-13H2,(H,21,24)/t15-/m1/s1. The molecule has 1 aromatic carbocycles. The van der Waals surface area contributed by atoms with Crippen molar-refractivity contribution in [3.63, 3.8) is 0 Å². The van der Waals surface area contributed by atoms with Crippen LogP contribution < -0.4 is 5.32 Å². The van der Waals surface area contributed by atoms with Crippen LogP contribution in [-0.4, -0.2) is 35.8 Å². The summed E-state index contributed by atoms with van der Waals surface area (Å²) in [6.07, 6.45) is 6.04. The average molecular weight is 332 g/mol. The summed E-state index contributed by atoms with van der Waals surface area (Å²) in [4.78, 5) is 26.5. The van der Waals surface area contributed by atoms with E-state index in [2.05, 4.69) is 5.32 Å². The Bertz CT molecular complexity index is 599. The number of hydrogen-bond acceptors (Lipinski definition) is 2. The van der Waals surface area contributed by atoms with Gasteiger partial charge in [0.2, 0.25) is 11.8 Å². The predicted octanol–water partition coefficient (Wildman–Crippen LogP) is 2.67. The molecule has 0 unspecified atom stereocenters. The third-order valence-corrected chi connectivity index (χ3v) is 5.23. The number of carbonyl (C=O) groups is 2. The van der Waals surface area contributed by atoms with Gasteiger partial charge in [0.05, 0.1) is 5.92 Å². The van der Waals surface area contributed by atoms with Gasteiger partial charge in [-0.3, -0.25) is 9.59 Å². The number of carbonyl (C=O) groups excluding carboxylic acids is 2. The van der Waals surface area contributed by atoms with E-state index in [4.69, 9.17) is 0 Å². The molecule has 130 valence electrons. The number of benzene rings is 1. The largest absolute Gasteiger partial charge is 0.355 e. The van der Waals surface area contributed by atoms with Crippen molar-refractivity contribution in [3.05, 3.63) is 35.6 Å². The lowest BCUT2D eigenvalue weighted by Gasteiger charge is -2.36. The van der Waals surface area contributed by atoms with Crippen LogP contribution in [0.1, 0.15) is 44.1 Å². The van der Waals surface area contributed by atoms with Gasteiger partial charge in [-0.1, -0.05) is 31.0 Å². The lowest BCUT2D eigenvalue weighted by Crippen LogP contribution is -2.49. The smallest absolute Gasteiger partial charge is 0.224 e. The molecule has 1 aliphatic heterocycles. The Morgan fingerprint density at radius 3 is 2.71 bits per heavy atom. The van der Waals surface area contributed by atoms with Crippen molar-refractivity contribution in [2.24, 2.45) is 5.92 Å². The molecule has 4 nitrogen and oxygen atoms in total. The molecule has 0 radical (unpaired) electrons. The summed E-state index contributed by atoms with van der Waals surface area (Å²) in [6.45, 7) is 0.961. The van der Waals surface area contributed by atoms with Gasteiger partial charge in [0, 0.05) is 25.6 Å². The van der Waals surface area contributed by atoms with E-state index in [9.17, 15) is 14.0 Å². The van der Waals surface area contributed by atoms with Crippen LogP contribution in [0.25, 0.3) is 0 Å². The van der Waals surface area contributed by atoms with Crippen molar-refractivity contribution in [3.8, 4) is 0 Å². The topological polar surface area (TPSA) is 49.4 Å². The molecule has 1 saturated heterocycles. The predicted molar refractivity (Wildman–Crippen MR) is 89.8 cm³/mol. The molecule has 0 bridgehead atoms. The Morgan fingerprint density at radius 2 is 1.96 bits per heavy atom. The second kappa shape index (κ2) is 7.77. The highest BCUT2D eigenvalue weighted by atomic mass is 19.1. The SMILES string of the molecule is O=C(NCCc1ccccc1F)[C@@H]1CCC(=O)N(C2CCCC2)C1. The first-order chi connectivity index (χ1) is 11.6. The van der Waals surface area contributed by atoms with Gasteiger partial charge in [-0.2, -0.15) is 0 Å². The van der Waals surface area contributed by atoms with E-state index in [-0.39, 0.29) is 23.5 Å². The van der Waals surface area contributed by atoms with E-state index in [1.54, 1.807) is 18.2 Å². The minimum Gasteiger partial charge on any atom is -0.355 e. The van der Waals surface area contributed by atoms with Gasteiger partial charge in [0.1, 0.15) is 5.82 Å². The van der Waals surface area contributed by atoms with Crippen LogP contribution >= 0.6 is 0 Å². The summed E-state index contributed by atoms with van der Waals surface area (Å²) < 4.78 is 13.6. The Balaban J connectivity index is 1.49. The maximum atomic E-state index is 13.6. The molecule has 1 aromatic rings. The van der Waals surface area contributed by atoms with E-state index in [1.807, 2.05) is 4.90 Å². The number of halogens is 1. The molecular formula is C19H25FN2O2. The molecule has 3 rings (SSSR count). The van der Waals surface area contributed by atoms with E-state index >= 15 is 0 Å². The van der Waals surface area contributed by atoms with Crippen LogP contribution in [0.15, 0.2) is 24.3 Å². The zero-order chi connectivity index (χ0) is 16.9. The van der Waals surface area contributed by atoms with Gasteiger partial charge in [-0.15, -0.1) is 0 Å². The second-order valence-electron chi connectivity index (χ2n) is 6.85.